The zero-order valence-corrected chi connectivity index (χ0v) is 11.8. The van der Waals surface area contributed by atoms with Gasteiger partial charge in [0, 0.05) is 24.4 Å². The SMILES string of the molecule is Fc1ccc(F)c([C@@H]2CCCN2c2ccn3nccc3n2)c1. The van der Waals surface area contributed by atoms with Gasteiger partial charge in [-0.15, -0.1) is 0 Å². The van der Waals surface area contributed by atoms with E-state index in [0.717, 1.165) is 36.9 Å². The third kappa shape index (κ3) is 2.11. The fourth-order valence-corrected chi connectivity index (χ4v) is 3.10. The van der Waals surface area contributed by atoms with Gasteiger partial charge in [-0.05, 0) is 37.1 Å². The molecule has 1 aliphatic rings. The van der Waals surface area contributed by atoms with Crippen molar-refractivity contribution in [2.24, 2.45) is 0 Å². The van der Waals surface area contributed by atoms with Crippen molar-refractivity contribution in [3.05, 3.63) is 59.9 Å². The lowest BCUT2D eigenvalue weighted by atomic mass is 10.0. The summed E-state index contributed by atoms with van der Waals surface area (Å²) < 4.78 is 29.2. The Hall–Kier alpha value is -2.50. The molecule has 0 saturated carbocycles. The average molecular weight is 300 g/mol. The normalized spacial score (nSPS) is 18.3. The number of benzene rings is 1. The second-order valence-corrected chi connectivity index (χ2v) is 5.44. The molecule has 0 radical (unpaired) electrons. The zero-order valence-electron chi connectivity index (χ0n) is 11.8. The predicted molar refractivity (Wildman–Crippen MR) is 78.7 cm³/mol. The van der Waals surface area contributed by atoms with Crippen molar-refractivity contribution in [2.45, 2.75) is 18.9 Å². The number of hydrogen-bond donors (Lipinski definition) is 0. The van der Waals surface area contributed by atoms with Crippen LogP contribution in [0.25, 0.3) is 5.65 Å². The maximum Gasteiger partial charge on any atom is 0.157 e. The third-order valence-electron chi connectivity index (χ3n) is 4.11. The van der Waals surface area contributed by atoms with Crippen LogP contribution in [0.1, 0.15) is 24.4 Å². The maximum atomic E-state index is 14.1. The predicted octanol–water partition coefficient (Wildman–Crippen LogP) is 3.35. The molecule has 6 heteroatoms. The van der Waals surface area contributed by atoms with Crippen molar-refractivity contribution >= 4 is 11.5 Å². The molecule has 4 rings (SSSR count). The summed E-state index contributed by atoms with van der Waals surface area (Å²) >= 11 is 0. The third-order valence-corrected chi connectivity index (χ3v) is 4.11. The molecular weight excluding hydrogens is 286 g/mol. The quantitative estimate of drug-likeness (QED) is 0.728. The van der Waals surface area contributed by atoms with Gasteiger partial charge in [0.1, 0.15) is 17.5 Å². The van der Waals surface area contributed by atoms with Crippen molar-refractivity contribution in [3.8, 4) is 0 Å². The molecule has 0 unspecified atom stereocenters. The van der Waals surface area contributed by atoms with Crippen molar-refractivity contribution in [1.29, 1.82) is 0 Å². The van der Waals surface area contributed by atoms with E-state index in [2.05, 4.69) is 10.1 Å². The molecule has 2 aromatic heterocycles. The van der Waals surface area contributed by atoms with Crippen LogP contribution in [-0.2, 0) is 0 Å². The van der Waals surface area contributed by atoms with Crippen molar-refractivity contribution in [3.63, 3.8) is 0 Å². The van der Waals surface area contributed by atoms with Crippen LogP contribution < -0.4 is 4.90 Å². The van der Waals surface area contributed by atoms with Gasteiger partial charge in [0.15, 0.2) is 5.65 Å². The first-order valence-corrected chi connectivity index (χ1v) is 7.24. The standard InChI is InChI=1S/C16H14F2N4/c17-11-3-4-13(18)12(10-11)14-2-1-8-21(14)15-6-9-22-16(20-15)5-7-19-22/h3-7,9-10,14H,1-2,8H2/t14-/m0/s1. The molecule has 3 aromatic rings. The Morgan fingerprint density at radius 1 is 1.14 bits per heavy atom. The second-order valence-electron chi connectivity index (χ2n) is 5.44. The highest BCUT2D eigenvalue weighted by molar-refractivity contribution is 5.50. The molecular formula is C16H14F2N4. The van der Waals surface area contributed by atoms with Crippen LogP contribution in [0.4, 0.5) is 14.6 Å². The Balaban J connectivity index is 1.75. The van der Waals surface area contributed by atoms with Crippen LogP contribution in [-0.4, -0.2) is 21.1 Å². The molecule has 1 saturated heterocycles. The monoisotopic (exact) mass is 300 g/mol. The van der Waals surface area contributed by atoms with Gasteiger partial charge in [-0.2, -0.15) is 5.10 Å². The fraction of sp³-hybridized carbons (Fsp3) is 0.250. The molecule has 1 atom stereocenters. The minimum Gasteiger partial charge on any atom is -0.349 e. The molecule has 4 nitrogen and oxygen atoms in total. The Morgan fingerprint density at radius 3 is 2.95 bits per heavy atom. The summed E-state index contributed by atoms with van der Waals surface area (Å²) in [4.78, 5) is 6.59. The van der Waals surface area contributed by atoms with Crippen molar-refractivity contribution in [1.82, 2.24) is 14.6 Å². The summed E-state index contributed by atoms with van der Waals surface area (Å²) in [6, 6.07) is 7.11. The minimum absolute atomic E-state index is 0.187. The van der Waals surface area contributed by atoms with Crippen molar-refractivity contribution in [2.75, 3.05) is 11.4 Å². The fourth-order valence-electron chi connectivity index (χ4n) is 3.10. The van der Waals surface area contributed by atoms with Gasteiger partial charge < -0.3 is 4.90 Å². The number of aromatic nitrogens is 3. The van der Waals surface area contributed by atoms with E-state index in [4.69, 9.17) is 0 Å². The average Bonchev–Trinajstić information content (AvgIpc) is 3.17. The first kappa shape index (κ1) is 13.2. The number of fused-ring (bicyclic) bond motifs is 1. The summed E-state index contributed by atoms with van der Waals surface area (Å²) in [5.74, 6) is -0.0228. The minimum atomic E-state index is -0.414. The molecule has 0 N–H and O–H groups in total. The molecule has 1 aliphatic heterocycles. The molecule has 0 bridgehead atoms. The van der Waals surface area contributed by atoms with E-state index >= 15 is 0 Å². The smallest absolute Gasteiger partial charge is 0.157 e. The number of halogens is 2. The van der Waals surface area contributed by atoms with E-state index in [9.17, 15) is 8.78 Å². The first-order chi connectivity index (χ1) is 10.7. The topological polar surface area (TPSA) is 33.4 Å². The highest BCUT2D eigenvalue weighted by Crippen LogP contribution is 2.36. The van der Waals surface area contributed by atoms with Gasteiger partial charge in [-0.25, -0.2) is 18.3 Å². The van der Waals surface area contributed by atoms with E-state index < -0.39 is 5.82 Å². The second kappa shape index (κ2) is 5.05. The van der Waals surface area contributed by atoms with Gasteiger partial charge in [0.05, 0.1) is 12.2 Å². The van der Waals surface area contributed by atoms with Crippen LogP contribution in [0, 0.1) is 11.6 Å². The summed E-state index contributed by atoms with van der Waals surface area (Å²) in [6.07, 6.45) is 5.22. The first-order valence-electron chi connectivity index (χ1n) is 7.24. The Kier molecular flexibility index (Phi) is 3.03. The van der Waals surface area contributed by atoms with Gasteiger partial charge in [-0.1, -0.05) is 0 Å². The molecule has 1 aromatic carbocycles. The Morgan fingerprint density at radius 2 is 2.05 bits per heavy atom. The van der Waals surface area contributed by atoms with Crippen LogP contribution in [0.2, 0.25) is 0 Å². The summed E-state index contributed by atoms with van der Waals surface area (Å²) in [5, 5.41) is 4.12. The highest BCUT2D eigenvalue weighted by atomic mass is 19.1. The Labute approximate surface area is 126 Å². The molecule has 0 spiro atoms. The van der Waals surface area contributed by atoms with Crippen LogP contribution in [0.15, 0.2) is 42.7 Å². The highest BCUT2D eigenvalue weighted by Gasteiger charge is 2.29. The van der Waals surface area contributed by atoms with E-state index in [0.29, 0.717) is 5.56 Å². The number of hydrogen-bond acceptors (Lipinski definition) is 3. The van der Waals surface area contributed by atoms with Gasteiger partial charge >= 0.3 is 0 Å². The van der Waals surface area contributed by atoms with Crippen molar-refractivity contribution < 1.29 is 8.78 Å². The van der Waals surface area contributed by atoms with Gasteiger partial charge in [0.25, 0.3) is 0 Å². The van der Waals surface area contributed by atoms with Gasteiger partial charge in [0.2, 0.25) is 0 Å². The molecule has 1 fully saturated rings. The number of nitrogens with zero attached hydrogens (tertiary/aromatic N) is 4. The molecule has 0 aliphatic carbocycles. The maximum absolute atomic E-state index is 14.1. The van der Waals surface area contributed by atoms with Crippen LogP contribution in [0.3, 0.4) is 0 Å². The van der Waals surface area contributed by atoms with E-state index in [1.807, 2.05) is 23.2 Å². The summed E-state index contributed by atoms with van der Waals surface area (Å²) in [7, 11) is 0. The molecule has 0 amide bonds. The van der Waals surface area contributed by atoms with Gasteiger partial charge in [-0.3, -0.25) is 0 Å². The van der Waals surface area contributed by atoms with E-state index in [1.54, 1.807) is 10.7 Å². The number of anilines is 1. The van der Waals surface area contributed by atoms with E-state index in [1.165, 1.54) is 12.1 Å². The summed E-state index contributed by atoms with van der Waals surface area (Å²) in [5.41, 5.74) is 1.13. The summed E-state index contributed by atoms with van der Waals surface area (Å²) in [6.45, 7) is 0.776. The lowest BCUT2D eigenvalue weighted by Gasteiger charge is -2.26. The Bertz CT molecular complexity index is 830. The molecule has 3 heterocycles. The largest absolute Gasteiger partial charge is 0.349 e. The zero-order chi connectivity index (χ0) is 15.1. The lowest BCUT2D eigenvalue weighted by Crippen LogP contribution is -2.24. The molecule has 112 valence electrons. The van der Waals surface area contributed by atoms with Crippen LogP contribution in [0.5, 0.6) is 0 Å². The number of rotatable bonds is 2. The molecule has 22 heavy (non-hydrogen) atoms. The lowest BCUT2D eigenvalue weighted by molar-refractivity contribution is 0.560. The van der Waals surface area contributed by atoms with Crippen LogP contribution >= 0.6 is 0 Å². The van der Waals surface area contributed by atoms with E-state index in [-0.39, 0.29) is 11.9 Å².